The van der Waals surface area contributed by atoms with E-state index in [1.165, 1.54) is 31.2 Å². The van der Waals surface area contributed by atoms with E-state index in [2.05, 4.69) is 54.5 Å². The van der Waals surface area contributed by atoms with E-state index in [1.807, 2.05) is 0 Å². The Kier molecular flexibility index (Phi) is 3.40. The first-order valence-electron chi connectivity index (χ1n) is 7.27. The van der Waals surface area contributed by atoms with Crippen LogP contribution in [0.25, 0.3) is 0 Å². The van der Waals surface area contributed by atoms with Crippen LogP contribution in [-0.4, -0.2) is 30.1 Å². The summed E-state index contributed by atoms with van der Waals surface area (Å²) in [6.07, 6.45) is 5.45. The van der Waals surface area contributed by atoms with Gasteiger partial charge in [-0.15, -0.1) is 0 Å². The molecule has 0 amide bonds. The minimum absolute atomic E-state index is 0.471. The normalized spacial score (nSPS) is 33.6. The van der Waals surface area contributed by atoms with E-state index in [9.17, 15) is 0 Å². The zero-order valence-corrected chi connectivity index (χ0v) is 11.5. The monoisotopic (exact) mass is 244 g/mol. The molecule has 0 radical (unpaired) electrons. The quantitative estimate of drug-likeness (QED) is 0.879. The second kappa shape index (κ2) is 5.02. The van der Waals surface area contributed by atoms with Crippen LogP contribution in [-0.2, 0) is 0 Å². The van der Waals surface area contributed by atoms with Crippen molar-refractivity contribution >= 4 is 0 Å². The lowest BCUT2D eigenvalue weighted by molar-refractivity contribution is 0.144. The predicted octanol–water partition coefficient (Wildman–Crippen LogP) is 2.96. The summed E-state index contributed by atoms with van der Waals surface area (Å²) in [4.78, 5) is 2.60. The van der Waals surface area contributed by atoms with E-state index in [0.717, 1.165) is 12.1 Å². The second-order valence-electron chi connectivity index (χ2n) is 6.02. The minimum Gasteiger partial charge on any atom is -0.307 e. The van der Waals surface area contributed by atoms with Crippen LogP contribution < -0.4 is 5.32 Å². The molecule has 1 aromatic carbocycles. The average Bonchev–Trinajstić information content (AvgIpc) is 2.63. The van der Waals surface area contributed by atoms with Crippen molar-refractivity contribution in [3.05, 3.63) is 35.9 Å². The molecule has 1 N–H and O–H groups in total. The highest BCUT2D eigenvalue weighted by Gasteiger charge is 2.38. The van der Waals surface area contributed by atoms with Gasteiger partial charge in [0.15, 0.2) is 0 Å². The van der Waals surface area contributed by atoms with Gasteiger partial charge in [-0.2, -0.15) is 0 Å². The van der Waals surface area contributed by atoms with E-state index >= 15 is 0 Å². The van der Waals surface area contributed by atoms with Gasteiger partial charge in [0, 0.05) is 24.2 Å². The summed E-state index contributed by atoms with van der Waals surface area (Å²) in [5.41, 5.74) is 1.41. The third-order valence-electron chi connectivity index (χ3n) is 4.88. The largest absolute Gasteiger partial charge is 0.307 e. The molecule has 0 aromatic heterocycles. The first-order chi connectivity index (χ1) is 8.74. The van der Waals surface area contributed by atoms with Crippen LogP contribution in [0.1, 0.15) is 44.2 Å². The van der Waals surface area contributed by atoms with Gasteiger partial charge in [0.1, 0.15) is 0 Å². The molecule has 18 heavy (non-hydrogen) atoms. The van der Waals surface area contributed by atoms with Gasteiger partial charge in [0.05, 0.1) is 0 Å². The van der Waals surface area contributed by atoms with Gasteiger partial charge >= 0.3 is 0 Å². The molecular formula is C16H24N2. The van der Waals surface area contributed by atoms with Crippen molar-refractivity contribution < 1.29 is 0 Å². The van der Waals surface area contributed by atoms with Crippen molar-refractivity contribution in [2.45, 2.75) is 56.8 Å². The molecule has 2 unspecified atom stereocenters. The molecule has 2 fully saturated rings. The Morgan fingerprint density at radius 3 is 2.33 bits per heavy atom. The van der Waals surface area contributed by atoms with Crippen LogP contribution in [0.3, 0.4) is 0 Å². The number of fused-ring (bicyclic) bond motifs is 2. The van der Waals surface area contributed by atoms with Crippen molar-refractivity contribution in [1.29, 1.82) is 0 Å². The van der Waals surface area contributed by atoms with Crippen LogP contribution in [0.2, 0.25) is 0 Å². The number of hydrogen-bond acceptors (Lipinski definition) is 2. The summed E-state index contributed by atoms with van der Waals surface area (Å²) in [5.74, 6) is 0. The Balaban J connectivity index is 1.61. The summed E-state index contributed by atoms with van der Waals surface area (Å²) < 4.78 is 0. The number of benzene rings is 1. The van der Waals surface area contributed by atoms with E-state index < -0.39 is 0 Å². The Labute approximate surface area is 110 Å². The van der Waals surface area contributed by atoms with Crippen LogP contribution >= 0.6 is 0 Å². The fraction of sp³-hybridized carbons (Fsp3) is 0.625. The molecule has 2 heterocycles. The SMILES string of the molecule is C[C@@H](NC1CC2CCC(C1)N2C)c1ccccc1. The molecule has 0 aliphatic carbocycles. The summed E-state index contributed by atoms with van der Waals surface area (Å²) in [7, 11) is 2.30. The molecule has 0 spiro atoms. The topological polar surface area (TPSA) is 15.3 Å². The van der Waals surface area contributed by atoms with E-state index in [4.69, 9.17) is 0 Å². The molecule has 2 aliphatic heterocycles. The molecular weight excluding hydrogens is 220 g/mol. The number of piperidine rings is 1. The van der Waals surface area contributed by atoms with Crippen molar-refractivity contribution in [2.75, 3.05) is 7.05 Å². The highest BCUT2D eigenvalue weighted by atomic mass is 15.2. The molecule has 3 atom stereocenters. The van der Waals surface area contributed by atoms with Crippen LogP contribution in [0, 0.1) is 0 Å². The van der Waals surface area contributed by atoms with Gasteiger partial charge in [0.2, 0.25) is 0 Å². The van der Waals surface area contributed by atoms with Crippen molar-refractivity contribution in [3.8, 4) is 0 Å². The first-order valence-corrected chi connectivity index (χ1v) is 7.27. The number of rotatable bonds is 3. The molecule has 3 rings (SSSR count). The third-order valence-corrected chi connectivity index (χ3v) is 4.88. The van der Waals surface area contributed by atoms with Crippen molar-refractivity contribution in [3.63, 3.8) is 0 Å². The number of hydrogen-bond donors (Lipinski definition) is 1. The van der Waals surface area contributed by atoms with Crippen LogP contribution in [0.4, 0.5) is 0 Å². The molecule has 2 aliphatic rings. The third kappa shape index (κ3) is 2.32. The van der Waals surface area contributed by atoms with Crippen LogP contribution in [0.15, 0.2) is 30.3 Å². The standard InChI is InChI=1S/C16H24N2/c1-12(13-6-4-3-5-7-13)17-14-10-15-8-9-16(11-14)18(15)2/h3-7,12,14-17H,8-11H2,1-2H3/t12-,14?,15?,16?/m1/s1. The van der Waals surface area contributed by atoms with Gasteiger partial charge in [-0.1, -0.05) is 30.3 Å². The smallest absolute Gasteiger partial charge is 0.0294 e. The van der Waals surface area contributed by atoms with Crippen molar-refractivity contribution in [1.82, 2.24) is 10.2 Å². The second-order valence-corrected chi connectivity index (χ2v) is 6.02. The molecule has 1 aromatic rings. The van der Waals surface area contributed by atoms with Crippen molar-refractivity contribution in [2.24, 2.45) is 0 Å². The maximum absolute atomic E-state index is 3.83. The highest BCUT2D eigenvalue weighted by molar-refractivity contribution is 5.18. The summed E-state index contributed by atoms with van der Waals surface area (Å²) in [5, 5.41) is 3.83. The molecule has 98 valence electrons. The summed E-state index contributed by atoms with van der Waals surface area (Å²) in [6, 6.07) is 13.6. The maximum Gasteiger partial charge on any atom is 0.0294 e. The molecule has 2 nitrogen and oxygen atoms in total. The predicted molar refractivity (Wildman–Crippen MR) is 75.6 cm³/mol. The molecule has 2 saturated heterocycles. The van der Waals surface area contributed by atoms with E-state index in [0.29, 0.717) is 12.1 Å². The first kappa shape index (κ1) is 12.2. The van der Waals surface area contributed by atoms with Gasteiger partial charge in [0.25, 0.3) is 0 Å². The minimum atomic E-state index is 0.471. The zero-order valence-electron chi connectivity index (χ0n) is 11.5. The molecule has 2 heteroatoms. The fourth-order valence-electron chi connectivity index (χ4n) is 3.74. The van der Waals surface area contributed by atoms with Gasteiger partial charge < -0.3 is 10.2 Å². The van der Waals surface area contributed by atoms with Gasteiger partial charge in [-0.3, -0.25) is 0 Å². The summed E-state index contributed by atoms with van der Waals surface area (Å²) >= 11 is 0. The van der Waals surface area contributed by atoms with E-state index in [1.54, 1.807) is 0 Å². The number of nitrogens with one attached hydrogen (secondary N) is 1. The lowest BCUT2D eigenvalue weighted by Gasteiger charge is -2.38. The number of nitrogens with zero attached hydrogens (tertiary/aromatic N) is 1. The van der Waals surface area contributed by atoms with Crippen LogP contribution in [0.5, 0.6) is 0 Å². The zero-order chi connectivity index (χ0) is 12.5. The fourth-order valence-corrected chi connectivity index (χ4v) is 3.74. The molecule has 2 bridgehead atoms. The Morgan fingerprint density at radius 1 is 1.11 bits per heavy atom. The lowest BCUT2D eigenvalue weighted by atomic mass is 9.96. The summed E-state index contributed by atoms with van der Waals surface area (Å²) in [6.45, 7) is 2.29. The Morgan fingerprint density at radius 2 is 1.72 bits per heavy atom. The Hall–Kier alpha value is -0.860. The van der Waals surface area contributed by atoms with Gasteiger partial charge in [-0.25, -0.2) is 0 Å². The lowest BCUT2D eigenvalue weighted by Crippen LogP contribution is -2.47. The van der Waals surface area contributed by atoms with Gasteiger partial charge in [-0.05, 0) is 45.2 Å². The Bertz CT molecular complexity index is 375. The maximum atomic E-state index is 3.83. The van der Waals surface area contributed by atoms with E-state index in [-0.39, 0.29) is 0 Å². The average molecular weight is 244 g/mol. The molecule has 0 saturated carbocycles. The highest BCUT2D eigenvalue weighted by Crippen LogP contribution is 2.34.